The van der Waals surface area contributed by atoms with Crippen molar-refractivity contribution in [2.75, 3.05) is 26.1 Å². The van der Waals surface area contributed by atoms with E-state index in [2.05, 4.69) is 36.4 Å². The minimum absolute atomic E-state index is 0.0203. The number of hydrogen-bond donors (Lipinski definition) is 2. The number of nitrogens with one attached hydrogen (secondary N) is 1. The third-order valence-electron chi connectivity index (χ3n) is 7.38. The van der Waals surface area contributed by atoms with Crippen LogP contribution >= 0.6 is 0 Å². The van der Waals surface area contributed by atoms with Crippen LogP contribution in [0.3, 0.4) is 0 Å². The highest BCUT2D eigenvalue weighted by Crippen LogP contribution is 2.42. The first kappa shape index (κ1) is 25.8. The van der Waals surface area contributed by atoms with Gasteiger partial charge in [0.25, 0.3) is 5.56 Å². The van der Waals surface area contributed by atoms with Crippen molar-refractivity contribution >= 4 is 5.69 Å². The van der Waals surface area contributed by atoms with Crippen molar-refractivity contribution in [3.63, 3.8) is 0 Å². The lowest BCUT2D eigenvalue weighted by Gasteiger charge is -2.40. The summed E-state index contributed by atoms with van der Waals surface area (Å²) in [6, 6.07) is 8.28. The van der Waals surface area contributed by atoms with E-state index in [0.29, 0.717) is 24.7 Å². The first-order valence-electron chi connectivity index (χ1n) is 12.7. The van der Waals surface area contributed by atoms with E-state index in [9.17, 15) is 4.79 Å². The fraction of sp³-hybridized carbons (Fsp3) is 0.500. The Kier molecular flexibility index (Phi) is 7.73. The summed E-state index contributed by atoms with van der Waals surface area (Å²) >= 11 is 0. The molecule has 0 amide bonds. The minimum Gasteiger partial charge on any atom is -0.493 e. The Hall–Kier alpha value is -3.26. The van der Waals surface area contributed by atoms with Gasteiger partial charge in [-0.25, -0.2) is 0 Å². The second-order valence-electron chi connectivity index (χ2n) is 10.4. The van der Waals surface area contributed by atoms with E-state index in [1.54, 1.807) is 18.9 Å². The molecule has 2 aromatic heterocycles. The van der Waals surface area contributed by atoms with Crippen molar-refractivity contribution in [2.45, 2.75) is 57.5 Å². The molecule has 3 aromatic rings. The predicted octanol–water partition coefficient (Wildman–Crippen LogP) is 4.17. The molecule has 0 atom stereocenters. The minimum atomic E-state index is -0.118. The molecule has 1 fully saturated rings. The molecule has 1 aromatic carbocycles. The van der Waals surface area contributed by atoms with Crippen molar-refractivity contribution in [3.05, 3.63) is 58.8 Å². The molecule has 0 spiro atoms. The van der Waals surface area contributed by atoms with Gasteiger partial charge in [-0.2, -0.15) is 5.10 Å². The number of nitrogens with two attached hydrogens (primary N) is 1. The number of pyridine rings is 1. The second kappa shape index (κ2) is 10.8. The van der Waals surface area contributed by atoms with E-state index in [0.717, 1.165) is 48.3 Å². The van der Waals surface area contributed by atoms with E-state index >= 15 is 0 Å². The van der Waals surface area contributed by atoms with Crippen LogP contribution in [0.1, 0.15) is 45.1 Å². The van der Waals surface area contributed by atoms with Crippen LogP contribution in [0.4, 0.5) is 5.69 Å². The molecular weight excluding hydrogens is 454 g/mol. The Morgan fingerprint density at radius 2 is 1.83 bits per heavy atom. The molecule has 0 radical (unpaired) electrons. The third-order valence-corrected chi connectivity index (χ3v) is 7.38. The number of rotatable bonds is 9. The van der Waals surface area contributed by atoms with E-state index in [4.69, 9.17) is 15.2 Å². The molecule has 0 unspecified atom stereocenters. The molecular formula is C28H39N5O3. The number of ether oxygens (including phenoxy) is 2. The molecule has 1 aliphatic rings. The largest absolute Gasteiger partial charge is 0.493 e. The standard InChI is InChI=1S/C28H39N5O3/c1-19(2)15-33-17-20(21-14-30-32(3)16-21)12-24(27(33)34)31-23-8-10-28(18-29,11-9-23)22-6-7-25(35-4)26(13-22)36-5/h6-7,12-14,16-17,19,23,31H,8-11,15,18,29H2,1-5H3. The number of methoxy groups -OCH3 is 2. The Bertz CT molecular complexity index is 1240. The zero-order valence-electron chi connectivity index (χ0n) is 22.1. The van der Waals surface area contributed by atoms with Crippen LogP contribution in [0, 0.1) is 5.92 Å². The molecule has 0 bridgehead atoms. The first-order chi connectivity index (χ1) is 17.3. The van der Waals surface area contributed by atoms with Crippen LogP contribution in [0.2, 0.25) is 0 Å². The Labute approximate surface area is 213 Å². The van der Waals surface area contributed by atoms with Crippen LogP contribution in [0.5, 0.6) is 11.5 Å². The summed E-state index contributed by atoms with van der Waals surface area (Å²) in [6.45, 7) is 5.48. The highest BCUT2D eigenvalue weighted by atomic mass is 16.5. The van der Waals surface area contributed by atoms with Gasteiger partial charge >= 0.3 is 0 Å². The molecule has 1 aliphatic carbocycles. The third kappa shape index (κ3) is 5.28. The Morgan fingerprint density at radius 3 is 2.42 bits per heavy atom. The lowest BCUT2D eigenvalue weighted by atomic mass is 9.68. The molecule has 2 heterocycles. The molecule has 0 aliphatic heterocycles. The van der Waals surface area contributed by atoms with E-state index in [1.165, 1.54) is 5.56 Å². The van der Waals surface area contributed by atoms with Crippen molar-refractivity contribution in [1.29, 1.82) is 0 Å². The highest BCUT2D eigenvalue weighted by Gasteiger charge is 2.36. The van der Waals surface area contributed by atoms with Gasteiger partial charge < -0.3 is 25.1 Å². The molecule has 4 rings (SSSR count). The normalized spacial score (nSPS) is 19.9. The van der Waals surface area contributed by atoms with Crippen molar-refractivity contribution in [2.24, 2.45) is 18.7 Å². The van der Waals surface area contributed by atoms with Gasteiger partial charge in [0.15, 0.2) is 11.5 Å². The average Bonchev–Trinajstić information content (AvgIpc) is 3.32. The van der Waals surface area contributed by atoms with Crippen LogP contribution < -0.4 is 26.1 Å². The van der Waals surface area contributed by atoms with Gasteiger partial charge in [-0.3, -0.25) is 9.48 Å². The van der Waals surface area contributed by atoms with Gasteiger partial charge in [0, 0.05) is 55.1 Å². The zero-order valence-corrected chi connectivity index (χ0v) is 22.1. The second-order valence-corrected chi connectivity index (χ2v) is 10.4. The highest BCUT2D eigenvalue weighted by molar-refractivity contribution is 5.65. The van der Waals surface area contributed by atoms with Crippen molar-refractivity contribution in [1.82, 2.24) is 14.3 Å². The summed E-state index contributed by atoms with van der Waals surface area (Å²) in [5, 5.41) is 7.90. The number of hydrogen-bond acceptors (Lipinski definition) is 6. The average molecular weight is 494 g/mol. The maximum absolute atomic E-state index is 13.3. The summed E-state index contributed by atoms with van der Waals surface area (Å²) < 4.78 is 14.6. The topological polar surface area (TPSA) is 96.3 Å². The lowest BCUT2D eigenvalue weighted by molar-refractivity contribution is 0.283. The smallest absolute Gasteiger partial charge is 0.273 e. The summed E-state index contributed by atoms with van der Waals surface area (Å²) in [7, 11) is 5.20. The zero-order chi connectivity index (χ0) is 25.9. The molecule has 8 heteroatoms. The van der Waals surface area contributed by atoms with Gasteiger partial charge in [-0.05, 0) is 55.4 Å². The molecule has 0 saturated heterocycles. The number of benzene rings is 1. The van der Waals surface area contributed by atoms with Gasteiger partial charge in [0.1, 0.15) is 5.69 Å². The molecule has 36 heavy (non-hydrogen) atoms. The number of nitrogens with zero attached hydrogens (tertiary/aromatic N) is 3. The summed E-state index contributed by atoms with van der Waals surface area (Å²) in [5.74, 6) is 1.80. The SMILES string of the molecule is COc1ccc(C2(CN)CCC(Nc3cc(-c4cnn(C)c4)cn(CC(C)C)c3=O)CC2)cc1OC. The number of aryl methyl sites for hydroxylation is 1. The van der Waals surface area contributed by atoms with Gasteiger partial charge in [-0.1, -0.05) is 19.9 Å². The fourth-order valence-corrected chi connectivity index (χ4v) is 5.31. The maximum Gasteiger partial charge on any atom is 0.273 e. The van der Waals surface area contributed by atoms with Crippen molar-refractivity contribution in [3.8, 4) is 22.6 Å². The maximum atomic E-state index is 13.3. The van der Waals surface area contributed by atoms with Gasteiger partial charge in [-0.15, -0.1) is 0 Å². The predicted molar refractivity (Wildman–Crippen MR) is 144 cm³/mol. The number of aromatic nitrogens is 3. The number of anilines is 1. The molecule has 1 saturated carbocycles. The summed E-state index contributed by atoms with van der Waals surface area (Å²) in [4.78, 5) is 13.3. The summed E-state index contributed by atoms with van der Waals surface area (Å²) in [6.07, 6.45) is 9.46. The first-order valence-corrected chi connectivity index (χ1v) is 12.7. The molecule has 194 valence electrons. The van der Waals surface area contributed by atoms with Gasteiger partial charge in [0.2, 0.25) is 0 Å². The molecule has 8 nitrogen and oxygen atoms in total. The lowest BCUT2D eigenvalue weighted by Crippen LogP contribution is -2.42. The monoisotopic (exact) mass is 493 g/mol. The quantitative estimate of drug-likeness (QED) is 0.464. The van der Waals surface area contributed by atoms with Crippen molar-refractivity contribution < 1.29 is 9.47 Å². The van der Waals surface area contributed by atoms with Crippen LogP contribution in [-0.4, -0.2) is 41.2 Å². The van der Waals surface area contributed by atoms with Gasteiger partial charge in [0.05, 0.1) is 20.4 Å². The van der Waals surface area contributed by atoms with Crippen LogP contribution in [-0.2, 0) is 19.0 Å². The van der Waals surface area contributed by atoms with E-state index in [1.807, 2.05) is 42.3 Å². The Morgan fingerprint density at radius 1 is 1.11 bits per heavy atom. The molecule has 3 N–H and O–H groups in total. The van der Waals surface area contributed by atoms with Crippen LogP contribution in [0.15, 0.2) is 47.7 Å². The van der Waals surface area contributed by atoms with E-state index in [-0.39, 0.29) is 17.0 Å². The summed E-state index contributed by atoms with van der Waals surface area (Å²) in [5.41, 5.74) is 10.1. The fourth-order valence-electron chi connectivity index (χ4n) is 5.31. The van der Waals surface area contributed by atoms with E-state index < -0.39 is 0 Å². The van der Waals surface area contributed by atoms with Crippen LogP contribution in [0.25, 0.3) is 11.1 Å². The Balaban J connectivity index is 1.56.